The van der Waals surface area contributed by atoms with Crippen LogP contribution in [0.4, 0.5) is 14.5 Å². The van der Waals surface area contributed by atoms with Gasteiger partial charge >= 0.3 is 0 Å². The molecule has 110 valence electrons. The minimum Gasteiger partial charge on any atom is -0.321 e. The summed E-state index contributed by atoms with van der Waals surface area (Å²) >= 11 is 0. The first-order valence-electron chi connectivity index (χ1n) is 6.44. The molecule has 4 nitrogen and oxygen atoms in total. The third-order valence-electron chi connectivity index (χ3n) is 3.12. The second-order valence-electron chi connectivity index (χ2n) is 4.63. The number of halogens is 2. The van der Waals surface area contributed by atoms with Crippen LogP contribution in [0.5, 0.6) is 0 Å². The fourth-order valence-corrected chi connectivity index (χ4v) is 2.05. The molecule has 0 saturated heterocycles. The number of nitrogens with zero attached hydrogens (tertiary/aromatic N) is 2. The number of hydrogen-bond acceptors (Lipinski definition) is 2. The zero-order valence-corrected chi connectivity index (χ0v) is 11.4. The van der Waals surface area contributed by atoms with Gasteiger partial charge in [0.05, 0.1) is 11.4 Å². The molecule has 0 spiro atoms. The molecule has 0 aliphatic heterocycles. The van der Waals surface area contributed by atoms with Crippen LogP contribution in [-0.4, -0.2) is 15.3 Å². The lowest BCUT2D eigenvalue weighted by Crippen LogP contribution is -2.07. The number of carbonyl (C=O) groups is 1. The molecule has 3 aromatic rings. The Morgan fingerprint density at radius 3 is 2.73 bits per heavy atom. The van der Waals surface area contributed by atoms with Gasteiger partial charge in [-0.15, -0.1) is 0 Å². The van der Waals surface area contributed by atoms with Gasteiger partial charge in [-0.1, -0.05) is 6.58 Å². The van der Waals surface area contributed by atoms with Gasteiger partial charge in [-0.3, -0.25) is 4.79 Å². The van der Waals surface area contributed by atoms with Crippen molar-refractivity contribution in [2.45, 2.75) is 0 Å². The molecular formula is C16H11F2N3O. The van der Waals surface area contributed by atoms with Crippen molar-refractivity contribution in [2.75, 3.05) is 5.32 Å². The summed E-state index contributed by atoms with van der Waals surface area (Å²) in [6, 6.07) is 7.02. The maximum absolute atomic E-state index is 13.3. The van der Waals surface area contributed by atoms with Crippen molar-refractivity contribution in [1.82, 2.24) is 9.38 Å². The molecule has 1 N–H and O–H groups in total. The largest absolute Gasteiger partial charge is 0.321 e. The van der Waals surface area contributed by atoms with Crippen molar-refractivity contribution >= 4 is 17.2 Å². The maximum Gasteiger partial charge on any atom is 0.247 e. The molecule has 6 heteroatoms. The van der Waals surface area contributed by atoms with E-state index < -0.39 is 11.6 Å². The molecule has 0 saturated carbocycles. The Kier molecular flexibility index (Phi) is 3.42. The van der Waals surface area contributed by atoms with Gasteiger partial charge in [0.15, 0.2) is 11.6 Å². The lowest BCUT2D eigenvalue weighted by Gasteiger charge is -2.02. The van der Waals surface area contributed by atoms with Crippen LogP contribution in [0.1, 0.15) is 0 Å². The summed E-state index contributed by atoms with van der Waals surface area (Å²) in [6.07, 6.45) is 4.52. The van der Waals surface area contributed by atoms with E-state index in [1.165, 1.54) is 12.1 Å². The van der Waals surface area contributed by atoms with Gasteiger partial charge in [0.25, 0.3) is 0 Å². The number of hydrogen-bond donors (Lipinski definition) is 1. The van der Waals surface area contributed by atoms with Crippen LogP contribution in [-0.2, 0) is 4.79 Å². The minimum absolute atomic E-state index is 0.319. The summed E-state index contributed by atoms with van der Waals surface area (Å²) in [5.41, 5.74) is 2.17. The van der Waals surface area contributed by atoms with Gasteiger partial charge < -0.3 is 9.72 Å². The van der Waals surface area contributed by atoms with Gasteiger partial charge in [-0.05, 0) is 36.4 Å². The smallest absolute Gasteiger partial charge is 0.247 e. The molecule has 3 rings (SSSR count). The normalized spacial score (nSPS) is 10.6. The number of fused-ring (bicyclic) bond motifs is 1. The van der Waals surface area contributed by atoms with Gasteiger partial charge in [-0.25, -0.2) is 13.8 Å². The predicted octanol–water partition coefficient (Wildman–Crippen LogP) is 3.40. The number of imidazole rings is 1. The van der Waals surface area contributed by atoms with Gasteiger partial charge in [-0.2, -0.15) is 0 Å². The highest BCUT2D eigenvalue weighted by molar-refractivity contribution is 5.98. The van der Waals surface area contributed by atoms with Crippen LogP contribution in [0.3, 0.4) is 0 Å². The fourth-order valence-electron chi connectivity index (χ4n) is 2.05. The Labute approximate surface area is 124 Å². The number of benzene rings is 1. The number of anilines is 1. The Bertz CT molecular complexity index is 886. The lowest BCUT2D eigenvalue weighted by molar-refractivity contribution is -0.111. The third kappa shape index (κ3) is 2.58. The van der Waals surface area contributed by atoms with Crippen LogP contribution < -0.4 is 5.32 Å². The molecule has 0 aliphatic rings. The Morgan fingerprint density at radius 2 is 2.00 bits per heavy atom. The minimum atomic E-state index is -0.923. The van der Waals surface area contributed by atoms with E-state index >= 15 is 0 Å². The number of amides is 1. The fraction of sp³-hybridized carbons (Fsp3) is 0. The standard InChI is InChI=1S/C16H11F2N3O/c1-2-16(22)19-11-4-6-15-20-14(9-21(15)8-11)10-3-5-12(17)13(18)7-10/h2-9H,1H2,(H,19,22). The number of nitrogens with one attached hydrogen (secondary N) is 1. The van der Waals surface area contributed by atoms with Crippen LogP contribution in [0, 0.1) is 11.6 Å². The van der Waals surface area contributed by atoms with Crippen molar-refractivity contribution in [3.63, 3.8) is 0 Å². The second-order valence-corrected chi connectivity index (χ2v) is 4.63. The Balaban J connectivity index is 2.00. The number of rotatable bonds is 3. The van der Waals surface area contributed by atoms with Crippen molar-refractivity contribution in [3.8, 4) is 11.3 Å². The number of carbonyl (C=O) groups excluding carboxylic acids is 1. The molecule has 0 bridgehead atoms. The average molecular weight is 299 g/mol. The highest BCUT2D eigenvalue weighted by Gasteiger charge is 2.09. The summed E-state index contributed by atoms with van der Waals surface area (Å²) in [7, 11) is 0. The highest BCUT2D eigenvalue weighted by Crippen LogP contribution is 2.22. The first kappa shape index (κ1) is 13.9. The summed E-state index contributed by atoms with van der Waals surface area (Å²) in [5.74, 6) is -2.14. The van der Waals surface area contributed by atoms with Crippen molar-refractivity contribution < 1.29 is 13.6 Å². The van der Waals surface area contributed by atoms with Gasteiger partial charge in [0.1, 0.15) is 5.65 Å². The lowest BCUT2D eigenvalue weighted by atomic mass is 10.1. The monoisotopic (exact) mass is 299 g/mol. The predicted molar refractivity (Wildman–Crippen MR) is 79.4 cm³/mol. The Hall–Kier alpha value is -3.02. The van der Waals surface area contributed by atoms with Crippen molar-refractivity contribution in [1.29, 1.82) is 0 Å². The van der Waals surface area contributed by atoms with Crippen LogP contribution in [0.15, 0.2) is 55.4 Å². The van der Waals surface area contributed by atoms with Crippen LogP contribution >= 0.6 is 0 Å². The Morgan fingerprint density at radius 1 is 1.18 bits per heavy atom. The zero-order chi connectivity index (χ0) is 15.7. The SMILES string of the molecule is C=CC(=O)Nc1ccc2nc(-c3ccc(F)c(F)c3)cn2c1. The van der Waals surface area contributed by atoms with E-state index in [9.17, 15) is 13.6 Å². The highest BCUT2D eigenvalue weighted by atomic mass is 19.2. The molecule has 22 heavy (non-hydrogen) atoms. The van der Waals surface area contributed by atoms with Crippen molar-refractivity contribution in [2.24, 2.45) is 0 Å². The van der Waals surface area contributed by atoms with E-state index in [4.69, 9.17) is 0 Å². The number of aromatic nitrogens is 2. The molecule has 0 fully saturated rings. The summed E-state index contributed by atoms with van der Waals surface area (Å²) in [4.78, 5) is 15.6. The number of pyridine rings is 1. The zero-order valence-electron chi connectivity index (χ0n) is 11.4. The van der Waals surface area contributed by atoms with E-state index in [1.54, 1.807) is 28.9 Å². The summed E-state index contributed by atoms with van der Waals surface area (Å²) in [6.45, 7) is 3.38. The van der Waals surface area contributed by atoms with E-state index in [-0.39, 0.29) is 5.91 Å². The summed E-state index contributed by atoms with van der Waals surface area (Å²) in [5, 5.41) is 2.63. The van der Waals surface area contributed by atoms with Gasteiger partial charge in [0, 0.05) is 18.0 Å². The van der Waals surface area contributed by atoms with E-state index in [0.717, 1.165) is 12.1 Å². The van der Waals surface area contributed by atoms with E-state index in [2.05, 4.69) is 16.9 Å². The third-order valence-corrected chi connectivity index (χ3v) is 3.12. The molecule has 2 heterocycles. The molecular weight excluding hydrogens is 288 g/mol. The first-order chi connectivity index (χ1) is 10.6. The second kappa shape index (κ2) is 5.40. The summed E-state index contributed by atoms with van der Waals surface area (Å²) < 4.78 is 28.0. The van der Waals surface area contributed by atoms with E-state index in [1.807, 2.05) is 0 Å². The molecule has 0 aliphatic carbocycles. The molecule has 1 amide bonds. The molecule has 2 aromatic heterocycles. The molecule has 0 unspecified atom stereocenters. The van der Waals surface area contributed by atoms with Gasteiger partial charge in [0.2, 0.25) is 5.91 Å². The average Bonchev–Trinajstić information content (AvgIpc) is 2.93. The van der Waals surface area contributed by atoms with Crippen LogP contribution in [0.2, 0.25) is 0 Å². The molecule has 0 atom stereocenters. The quantitative estimate of drug-likeness (QED) is 0.753. The van der Waals surface area contributed by atoms with E-state index in [0.29, 0.717) is 22.6 Å². The first-order valence-corrected chi connectivity index (χ1v) is 6.44. The molecule has 1 aromatic carbocycles. The molecule has 0 radical (unpaired) electrons. The van der Waals surface area contributed by atoms with Crippen LogP contribution in [0.25, 0.3) is 16.9 Å². The van der Waals surface area contributed by atoms with Crippen molar-refractivity contribution in [3.05, 3.63) is 67.0 Å². The topological polar surface area (TPSA) is 46.4 Å². The maximum atomic E-state index is 13.3.